The number of benzene rings is 1. The molecule has 1 N–H and O–H groups in total. The Hall–Kier alpha value is -0.780. The first kappa shape index (κ1) is 13.6. The number of hydrogen-bond donors (Lipinski definition) is 1. The highest BCUT2D eigenvalue weighted by Crippen LogP contribution is 2.22. The summed E-state index contributed by atoms with van der Waals surface area (Å²) in [6, 6.07) is 12.1. The van der Waals surface area contributed by atoms with E-state index in [0.29, 0.717) is 6.54 Å². The van der Waals surface area contributed by atoms with Gasteiger partial charge in [-0.25, -0.2) is 0 Å². The van der Waals surface area contributed by atoms with Crippen molar-refractivity contribution in [2.75, 3.05) is 12.3 Å². The van der Waals surface area contributed by atoms with Gasteiger partial charge in [0.15, 0.2) is 0 Å². The van der Waals surface area contributed by atoms with Crippen LogP contribution in [-0.2, 0) is 0 Å². The summed E-state index contributed by atoms with van der Waals surface area (Å²) in [6.45, 7) is 0.669. The second-order valence-corrected chi connectivity index (χ2v) is 6.45. The summed E-state index contributed by atoms with van der Waals surface area (Å²) in [5, 5.41) is 4.82. The number of rotatable bonds is 5. The summed E-state index contributed by atoms with van der Waals surface area (Å²) in [5.74, 6) is 0.865. The molecule has 0 saturated heterocycles. The summed E-state index contributed by atoms with van der Waals surface area (Å²) in [5.41, 5.74) is 0. The van der Waals surface area contributed by atoms with Crippen molar-refractivity contribution in [1.82, 2.24) is 5.32 Å². The lowest BCUT2D eigenvalue weighted by Gasteiger charge is -2.04. The van der Waals surface area contributed by atoms with Crippen LogP contribution in [0.5, 0.6) is 0 Å². The minimum atomic E-state index is -0.00876. The van der Waals surface area contributed by atoms with E-state index >= 15 is 0 Å². The fourth-order valence-corrected chi connectivity index (χ4v) is 3.64. The molecule has 0 spiro atoms. The summed E-state index contributed by atoms with van der Waals surface area (Å²) >= 11 is 6.54. The SMILES string of the molecule is O=C(NCCSc1ccccc1)c1sccc1Br. The third kappa shape index (κ3) is 3.86. The predicted octanol–water partition coefficient (Wildman–Crippen LogP) is 4.03. The lowest BCUT2D eigenvalue weighted by atomic mass is 10.4. The zero-order chi connectivity index (χ0) is 12.8. The van der Waals surface area contributed by atoms with Crippen LogP contribution >= 0.6 is 39.0 Å². The van der Waals surface area contributed by atoms with Crippen molar-refractivity contribution in [1.29, 1.82) is 0 Å². The molecule has 0 saturated carbocycles. The van der Waals surface area contributed by atoms with Gasteiger partial charge in [0.05, 0.1) is 0 Å². The molecule has 18 heavy (non-hydrogen) atoms. The molecule has 0 atom stereocenters. The van der Waals surface area contributed by atoms with Crippen molar-refractivity contribution < 1.29 is 4.79 Å². The van der Waals surface area contributed by atoms with Gasteiger partial charge in [0.2, 0.25) is 0 Å². The van der Waals surface area contributed by atoms with E-state index in [1.54, 1.807) is 11.8 Å². The fourth-order valence-electron chi connectivity index (χ4n) is 1.39. The summed E-state index contributed by atoms with van der Waals surface area (Å²) in [6.07, 6.45) is 0. The van der Waals surface area contributed by atoms with Crippen LogP contribution in [0.1, 0.15) is 9.67 Å². The number of amides is 1. The standard InChI is InChI=1S/C13H12BrNOS2/c14-11-6-8-18-12(11)13(16)15-7-9-17-10-4-2-1-3-5-10/h1-6,8H,7,9H2,(H,15,16). The summed E-state index contributed by atoms with van der Waals surface area (Å²) in [4.78, 5) is 13.8. The molecular weight excluding hydrogens is 330 g/mol. The van der Waals surface area contributed by atoms with E-state index in [4.69, 9.17) is 0 Å². The lowest BCUT2D eigenvalue weighted by Crippen LogP contribution is -2.25. The normalized spacial score (nSPS) is 10.3. The number of hydrogen-bond acceptors (Lipinski definition) is 3. The van der Waals surface area contributed by atoms with Crippen LogP contribution in [0.2, 0.25) is 0 Å². The molecule has 1 aromatic carbocycles. The Balaban J connectivity index is 1.73. The van der Waals surface area contributed by atoms with Gasteiger partial charge in [-0.3, -0.25) is 4.79 Å². The van der Waals surface area contributed by atoms with Gasteiger partial charge in [0.1, 0.15) is 4.88 Å². The van der Waals surface area contributed by atoms with E-state index in [1.807, 2.05) is 29.6 Å². The van der Waals surface area contributed by atoms with Crippen molar-refractivity contribution >= 4 is 44.9 Å². The molecule has 1 aromatic heterocycles. The first-order valence-corrected chi connectivity index (χ1v) is 8.12. The van der Waals surface area contributed by atoms with Crippen molar-refractivity contribution in [2.45, 2.75) is 4.90 Å². The van der Waals surface area contributed by atoms with E-state index in [-0.39, 0.29) is 5.91 Å². The summed E-state index contributed by atoms with van der Waals surface area (Å²) in [7, 11) is 0. The van der Waals surface area contributed by atoms with Crippen LogP contribution in [0.15, 0.2) is 51.1 Å². The lowest BCUT2D eigenvalue weighted by molar-refractivity contribution is 0.0959. The highest BCUT2D eigenvalue weighted by atomic mass is 79.9. The van der Waals surface area contributed by atoms with Crippen LogP contribution in [-0.4, -0.2) is 18.2 Å². The van der Waals surface area contributed by atoms with Gasteiger partial charge in [-0.2, -0.15) is 0 Å². The molecule has 2 aromatic rings. The number of carbonyl (C=O) groups excluding carboxylic acids is 1. The van der Waals surface area contributed by atoms with Crippen molar-refractivity contribution in [3.05, 3.63) is 51.1 Å². The molecule has 2 nitrogen and oxygen atoms in total. The van der Waals surface area contributed by atoms with Crippen LogP contribution < -0.4 is 5.32 Å². The van der Waals surface area contributed by atoms with Gasteiger partial charge in [0.25, 0.3) is 5.91 Å². The molecule has 0 bridgehead atoms. The largest absolute Gasteiger partial charge is 0.350 e. The molecule has 1 amide bonds. The highest BCUT2D eigenvalue weighted by molar-refractivity contribution is 9.10. The maximum atomic E-state index is 11.8. The molecule has 0 aliphatic rings. The van der Waals surface area contributed by atoms with Crippen molar-refractivity contribution in [3.63, 3.8) is 0 Å². The molecule has 94 valence electrons. The third-order valence-corrected chi connectivity index (χ3v) is 5.07. The summed E-state index contributed by atoms with van der Waals surface area (Å²) < 4.78 is 0.862. The molecule has 0 fully saturated rings. The first-order valence-electron chi connectivity index (χ1n) is 5.46. The second kappa shape index (κ2) is 6.97. The van der Waals surface area contributed by atoms with Gasteiger partial charge in [-0.1, -0.05) is 18.2 Å². The molecule has 0 radical (unpaired) electrons. The quantitative estimate of drug-likeness (QED) is 0.657. The Morgan fingerprint density at radius 3 is 2.72 bits per heavy atom. The Bertz CT molecular complexity index is 513. The minimum Gasteiger partial charge on any atom is -0.350 e. The maximum Gasteiger partial charge on any atom is 0.262 e. The van der Waals surface area contributed by atoms with E-state index in [0.717, 1.165) is 15.1 Å². The topological polar surface area (TPSA) is 29.1 Å². The highest BCUT2D eigenvalue weighted by Gasteiger charge is 2.10. The molecule has 5 heteroatoms. The average Bonchev–Trinajstić information content (AvgIpc) is 2.82. The zero-order valence-electron chi connectivity index (χ0n) is 9.56. The zero-order valence-corrected chi connectivity index (χ0v) is 12.8. The Morgan fingerprint density at radius 2 is 2.06 bits per heavy atom. The van der Waals surface area contributed by atoms with E-state index in [2.05, 4.69) is 33.4 Å². The van der Waals surface area contributed by atoms with Crippen LogP contribution in [0.25, 0.3) is 0 Å². The minimum absolute atomic E-state index is 0.00876. The molecule has 1 heterocycles. The van der Waals surface area contributed by atoms with E-state index < -0.39 is 0 Å². The Morgan fingerprint density at radius 1 is 1.28 bits per heavy atom. The van der Waals surface area contributed by atoms with Crippen LogP contribution in [0, 0.1) is 0 Å². The third-order valence-electron chi connectivity index (χ3n) is 2.22. The van der Waals surface area contributed by atoms with Gasteiger partial charge < -0.3 is 5.32 Å². The van der Waals surface area contributed by atoms with Crippen molar-refractivity contribution in [3.8, 4) is 0 Å². The van der Waals surface area contributed by atoms with Gasteiger partial charge >= 0.3 is 0 Å². The number of halogens is 1. The predicted molar refractivity (Wildman–Crippen MR) is 81.5 cm³/mol. The van der Waals surface area contributed by atoms with E-state index in [9.17, 15) is 4.79 Å². The van der Waals surface area contributed by atoms with Crippen LogP contribution in [0.3, 0.4) is 0 Å². The first-order chi connectivity index (χ1) is 8.77. The fraction of sp³-hybridized carbons (Fsp3) is 0.154. The molecule has 0 aliphatic heterocycles. The van der Waals surface area contributed by atoms with Crippen LogP contribution in [0.4, 0.5) is 0 Å². The number of thiophene rings is 1. The second-order valence-electron chi connectivity index (χ2n) is 3.52. The molecule has 0 aliphatic carbocycles. The smallest absolute Gasteiger partial charge is 0.262 e. The van der Waals surface area contributed by atoms with Gasteiger partial charge in [0, 0.05) is 21.7 Å². The number of thioether (sulfide) groups is 1. The molecular formula is C13H12BrNOS2. The monoisotopic (exact) mass is 341 g/mol. The van der Waals surface area contributed by atoms with Gasteiger partial charge in [-0.15, -0.1) is 23.1 Å². The van der Waals surface area contributed by atoms with Crippen molar-refractivity contribution in [2.24, 2.45) is 0 Å². The Labute approximate surface area is 123 Å². The number of carbonyl (C=O) groups is 1. The maximum absolute atomic E-state index is 11.8. The number of nitrogens with one attached hydrogen (secondary N) is 1. The average molecular weight is 342 g/mol. The van der Waals surface area contributed by atoms with Gasteiger partial charge in [-0.05, 0) is 39.5 Å². The molecule has 2 rings (SSSR count). The van der Waals surface area contributed by atoms with E-state index in [1.165, 1.54) is 16.2 Å². The Kier molecular flexibility index (Phi) is 5.28. The molecule has 0 unspecified atom stereocenters.